The van der Waals surface area contributed by atoms with Gasteiger partial charge in [-0.05, 0) is 44.1 Å². The Morgan fingerprint density at radius 2 is 2.15 bits per heavy atom. The average Bonchev–Trinajstić information content (AvgIpc) is 3.09. The minimum Gasteiger partial charge on any atom is -0.342 e. The molecule has 0 saturated carbocycles. The monoisotopic (exact) mass is 355 g/mol. The molecule has 7 heteroatoms. The Labute approximate surface area is 152 Å². The van der Waals surface area contributed by atoms with E-state index in [1.165, 1.54) is 30.4 Å². The maximum absolute atomic E-state index is 12.7. The van der Waals surface area contributed by atoms with E-state index in [2.05, 4.69) is 20.2 Å². The number of aromatic amines is 2. The van der Waals surface area contributed by atoms with Gasteiger partial charge in [-0.25, -0.2) is 4.98 Å². The van der Waals surface area contributed by atoms with E-state index in [1.807, 2.05) is 4.90 Å². The van der Waals surface area contributed by atoms with Crippen LogP contribution >= 0.6 is 0 Å². The number of hydrogen-bond donors (Lipinski definition) is 2. The number of piperidine rings is 1. The summed E-state index contributed by atoms with van der Waals surface area (Å²) in [4.78, 5) is 33.0. The predicted octanol–water partition coefficient (Wildman–Crippen LogP) is 1.71. The van der Waals surface area contributed by atoms with Crippen LogP contribution in [0.4, 0.5) is 0 Å². The molecule has 1 fully saturated rings. The van der Waals surface area contributed by atoms with Crippen LogP contribution in [0.15, 0.2) is 17.2 Å². The zero-order valence-electron chi connectivity index (χ0n) is 15.0. The molecule has 2 aliphatic rings. The first kappa shape index (κ1) is 17.0. The SMILES string of the molecule is O=C(CCc1n[nH]c2c1CCCC2)N1CCC[C@H](c2cc(=O)[nH]cn2)C1. The van der Waals surface area contributed by atoms with Crippen molar-refractivity contribution in [2.45, 2.75) is 57.3 Å². The highest BCUT2D eigenvalue weighted by molar-refractivity contribution is 5.76. The average molecular weight is 355 g/mol. The smallest absolute Gasteiger partial charge is 0.250 e. The Hall–Kier alpha value is -2.44. The highest BCUT2D eigenvalue weighted by atomic mass is 16.2. The lowest BCUT2D eigenvalue weighted by Gasteiger charge is -2.32. The number of nitrogens with zero attached hydrogens (tertiary/aromatic N) is 3. The molecule has 26 heavy (non-hydrogen) atoms. The molecule has 0 aromatic carbocycles. The number of hydrogen-bond acceptors (Lipinski definition) is 4. The molecule has 1 aliphatic heterocycles. The number of rotatable bonds is 4. The summed E-state index contributed by atoms with van der Waals surface area (Å²) < 4.78 is 0. The largest absolute Gasteiger partial charge is 0.342 e. The van der Waals surface area contributed by atoms with Crippen molar-refractivity contribution < 1.29 is 4.79 Å². The number of amides is 1. The fourth-order valence-corrected chi connectivity index (χ4v) is 4.19. The summed E-state index contributed by atoms with van der Waals surface area (Å²) in [6.45, 7) is 1.44. The van der Waals surface area contributed by atoms with Gasteiger partial charge in [0.2, 0.25) is 5.91 Å². The summed E-state index contributed by atoms with van der Waals surface area (Å²) >= 11 is 0. The maximum atomic E-state index is 12.7. The number of H-pyrrole nitrogens is 2. The highest BCUT2D eigenvalue weighted by Crippen LogP contribution is 2.26. The number of carbonyl (C=O) groups excluding carboxylic acids is 1. The number of carbonyl (C=O) groups is 1. The number of aryl methyl sites for hydroxylation is 2. The number of aromatic nitrogens is 4. The fourth-order valence-electron chi connectivity index (χ4n) is 4.19. The Bertz CT molecular complexity index is 840. The maximum Gasteiger partial charge on any atom is 0.250 e. The molecule has 0 bridgehead atoms. The van der Waals surface area contributed by atoms with Crippen molar-refractivity contribution >= 4 is 5.91 Å². The van der Waals surface area contributed by atoms with E-state index in [4.69, 9.17) is 0 Å². The molecule has 1 aliphatic carbocycles. The first-order valence-electron chi connectivity index (χ1n) is 9.58. The molecular formula is C19H25N5O2. The molecule has 1 atom stereocenters. The van der Waals surface area contributed by atoms with Gasteiger partial charge in [-0.2, -0.15) is 5.10 Å². The lowest BCUT2D eigenvalue weighted by molar-refractivity contribution is -0.132. The molecule has 1 saturated heterocycles. The summed E-state index contributed by atoms with van der Waals surface area (Å²) in [5, 5.41) is 7.59. The third-order valence-electron chi connectivity index (χ3n) is 5.61. The molecule has 138 valence electrons. The summed E-state index contributed by atoms with van der Waals surface area (Å²) in [5.74, 6) is 0.320. The van der Waals surface area contributed by atoms with Crippen LogP contribution in [0.5, 0.6) is 0 Å². The molecule has 1 amide bonds. The lowest BCUT2D eigenvalue weighted by Crippen LogP contribution is -2.39. The van der Waals surface area contributed by atoms with Crippen molar-refractivity contribution in [1.29, 1.82) is 0 Å². The van der Waals surface area contributed by atoms with Crippen molar-refractivity contribution in [3.63, 3.8) is 0 Å². The minimum atomic E-state index is -0.137. The van der Waals surface area contributed by atoms with Crippen LogP contribution in [0.3, 0.4) is 0 Å². The highest BCUT2D eigenvalue weighted by Gasteiger charge is 2.26. The zero-order chi connectivity index (χ0) is 17.9. The van der Waals surface area contributed by atoms with Gasteiger partial charge in [0.05, 0.1) is 17.7 Å². The molecule has 0 unspecified atom stereocenters. The molecule has 4 rings (SSSR count). The van der Waals surface area contributed by atoms with Crippen molar-refractivity contribution in [3.05, 3.63) is 45.4 Å². The standard InChI is InChI=1S/C19H25N5O2/c25-18-10-17(20-12-21-18)13-4-3-9-24(11-13)19(26)8-7-16-14-5-1-2-6-15(14)22-23-16/h10,12-13H,1-9,11H2,(H,22,23)(H,20,21,25)/t13-/m0/s1. The van der Waals surface area contributed by atoms with Gasteiger partial charge >= 0.3 is 0 Å². The topological polar surface area (TPSA) is 94.7 Å². The Kier molecular flexibility index (Phi) is 4.86. The van der Waals surface area contributed by atoms with Crippen LogP contribution < -0.4 is 5.56 Å². The molecule has 7 nitrogen and oxygen atoms in total. The van der Waals surface area contributed by atoms with E-state index >= 15 is 0 Å². The molecular weight excluding hydrogens is 330 g/mol. The molecule has 0 radical (unpaired) electrons. The molecule has 2 aromatic heterocycles. The van der Waals surface area contributed by atoms with E-state index in [0.29, 0.717) is 19.4 Å². The van der Waals surface area contributed by atoms with Crippen LogP contribution in [0.25, 0.3) is 0 Å². The number of likely N-dealkylation sites (tertiary alicyclic amines) is 1. The second-order valence-corrected chi connectivity index (χ2v) is 7.35. The second kappa shape index (κ2) is 7.43. The van der Waals surface area contributed by atoms with Gasteiger partial charge in [0, 0.05) is 43.6 Å². The van der Waals surface area contributed by atoms with Crippen LogP contribution in [0, 0.1) is 0 Å². The summed E-state index contributed by atoms with van der Waals surface area (Å²) in [6, 6.07) is 1.55. The van der Waals surface area contributed by atoms with Crippen molar-refractivity contribution in [2.75, 3.05) is 13.1 Å². The number of fused-ring (bicyclic) bond motifs is 1. The first-order valence-corrected chi connectivity index (χ1v) is 9.58. The van der Waals surface area contributed by atoms with Crippen molar-refractivity contribution in [3.8, 4) is 0 Å². The van der Waals surface area contributed by atoms with Crippen LogP contribution in [0.1, 0.15) is 60.7 Å². The first-order chi connectivity index (χ1) is 12.7. The third-order valence-corrected chi connectivity index (χ3v) is 5.61. The van der Waals surface area contributed by atoms with Gasteiger partial charge in [-0.15, -0.1) is 0 Å². The normalized spacial score (nSPS) is 20.0. The predicted molar refractivity (Wildman–Crippen MR) is 97.0 cm³/mol. The van der Waals surface area contributed by atoms with Gasteiger partial charge in [-0.3, -0.25) is 14.7 Å². The van der Waals surface area contributed by atoms with E-state index in [1.54, 1.807) is 6.07 Å². The fraction of sp³-hybridized carbons (Fsp3) is 0.579. The van der Waals surface area contributed by atoms with E-state index in [-0.39, 0.29) is 17.4 Å². The lowest BCUT2D eigenvalue weighted by atomic mass is 9.93. The minimum absolute atomic E-state index is 0.137. The Morgan fingerprint density at radius 3 is 3.04 bits per heavy atom. The molecule has 2 aromatic rings. The second-order valence-electron chi connectivity index (χ2n) is 7.35. The Morgan fingerprint density at radius 1 is 1.27 bits per heavy atom. The van der Waals surface area contributed by atoms with Gasteiger partial charge in [0.25, 0.3) is 5.56 Å². The van der Waals surface area contributed by atoms with Gasteiger partial charge in [0.1, 0.15) is 0 Å². The molecule has 2 N–H and O–H groups in total. The van der Waals surface area contributed by atoms with E-state index in [9.17, 15) is 9.59 Å². The quantitative estimate of drug-likeness (QED) is 0.873. The zero-order valence-corrected chi connectivity index (χ0v) is 15.0. The third kappa shape index (κ3) is 3.57. The van der Waals surface area contributed by atoms with Crippen molar-refractivity contribution in [1.82, 2.24) is 25.1 Å². The van der Waals surface area contributed by atoms with Crippen LogP contribution in [0.2, 0.25) is 0 Å². The van der Waals surface area contributed by atoms with Gasteiger partial charge in [-0.1, -0.05) is 0 Å². The van der Waals surface area contributed by atoms with E-state index < -0.39 is 0 Å². The summed E-state index contributed by atoms with van der Waals surface area (Å²) in [7, 11) is 0. The summed E-state index contributed by atoms with van der Waals surface area (Å²) in [6.07, 6.45) is 9.14. The molecule has 0 spiro atoms. The van der Waals surface area contributed by atoms with Crippen LogP contribution in [-0.4, -0.2) is 44.1 Å². The summed E-state index contributed by atoms with van der Waals surface area (Å²) in [5.41, 5.74) is 4.32. The molecule has 3 heterocycles. The number of nitrogens with one attached hydrogen (secondary N) is 2. The van der Waals surface area contributed by atoms with Gasteiger partial charge in [0.15, 0.2) is 0 Å². The van der Waals surface area contributed by atoms with E-state index in [0.717, 1.165) is 43.6 Å². The van der Waals surface area contributed by atoms with Gasteiger partial charge < -0.3 is 9.88 Å². The van der Waals surface area contributed by atoms with Crippen LogP contribution in [-0.2, 0) is 24.1 Å². The Balaban J connectivity index is 1.37. The van der Waals surface area contributed by atoms with Crippen molar-refractivity contribution in [2.24, 2.45) is 0 Å².